The molecule has 2 aliphatic rings. The molecule has 0 fully saturated rings. The lowest BCUT2D eigenvalue weighted by Crippen LogP contribution is -2.19. The van der Waals surface area contributed by atoms with Crippen molar-refractivity contribution in [2.24, 2.45) is 0 Å². The Kier molecular flexibility index (Phi) is 1.96. The number of hydrogen-bond acceptors (Lipinski definition) is 3. The fourth-order valence-electron chi connectivity index (χ4n) is 1.52. The third-order valence-corrected chi connectivity index (χ3v) is 2.11. The Bertz CT molecular complexity index is 301. The van der Waals surface area contributed by atoms with E-state index in [0.717, 1.165) is 12.8 Å². The first kappa shape index (κ1) is 8.16. The predicted octanol–water partition coefficient (Wildman–Crippen LogP) is 1.05. The number of carbonyl (C=O) groups is 1. The average Bonchev–Trinajstić information content (AvgIpc) is 2.17. The molecule has 0 aliphatic carbocycles. The second kappa shape index (κ2) is 3.12. The van der Waals surface area contributed by atoms with Crippen LogP contribution in [0, 0.1) is 0 Å². The van der Waals surface area contributed by atoms with Gasteiger partial charge in [0.15, 0.2) is 0 Å². The summed E-state index contributed by atoms with van der Waals surface area (Å²) in [5.41, 5.74) is 1.03. The molecular formula is C9H10O4. The van der Waals surface area contributed by atoms with Crippen LogP contribution in [0.1, 0.15) is 12.8 Å². The molecule has 0 radical (unpaired) electrons. The zero-order chi connectivity index (χ0) is 9.26. The van der Waals surface area contributed by atoms with Gasteiger partial charge in [-0.1, -0.05) is 0 Å². The number of carboxylic acids is 1. The van der Waals surface area contributed by atoms with Crippen LogP contribution in [0.3, 0.4) is 0 Å². The summed E-state index contributed by atoms with van der Waals surface area (Å²) in [6.07, 6.45) is 3.16. The van der Waals surface area contributed by atoms with Crippen LogP contribution < -0.4 is 0 Å². The van der Waals surface area contributed by atoms with Gasteiger partial charge in [-0.05, 0) is 18.9 Å². The zero-order valence-corrected chi connectivity index (χ0v) is 7.08. The molecule has 0 saturated heterocycles. The fourth-order valence-corrected chi connectivity index (χ4v) is 1.52. The van der Waals surface area contributed by atoms with Gasteiger partial charge in [0, 0.05) is 5.57 Å². The van der Waals surface area contributed by atoms with Crippen molar-refractivity contribution in [3.8, 4) is 0 Å². The Morgan fingerprint density at radius 3 is 3.08 bits per heavy atom. The van der Waals surface area contributed by atoms with E-state index in [9.17, 15) is 4.79 Å². The van der Waals surface area contributed by atoms with E-state index in [1.54, 1.807) is 6.08 Å². The second-order valence-corrected chi connectivity index (χ2v) is 2.95. The van der Waals surface area contributed by atoms with Gasteiger partial charge >= 0.3 is 5.97 Å². The number of hydrogen-bond donors (Lipinski definition) is 1. The van der Waals surface area contributed by atoms with Gasteiger partial charge in [0.25, 0.3) is 5.95 Å². The lowest BCUT2D eigenvalue weighted by Gasteiger charge is -2.24. The van der Waals surface area contributed by atoms with Crippen molar-refractivity contribution >= 4 is 5.97 Å². The van der Waals surface area contributed by atoms with Crippen molar-refractivity contribution in [2.75, 3.05) is 13.2 Å². The number of ether oxygens (including phenoxy) is 2. The van der Waals surface area contributed by atoms with Crippen molar-refractivity contribution in [3.63, 3.8) is 0 Å². The zero-order valence-electron chi connectivity index (χ0n) is 7.08. The van der Waals surface area contributed by atoms with Crippen LogP contribution in [-0.2, 0) is 14.3 Å². The lowest BCUT2D eigenvalue weighted by atomic mass is 9.99. The molecule has 1 N–H and O–H groups in total. The lowest BCUT2D eigenvalue weighted by molar-refractivity contribution is -0.132. The van der Waals surface area contributed by atoms with Crippen LogP contribution in [0.25, 0.3) is 0 Å². The molecule has 13 heavy (non-hydrogen) atoms. The molecule has 0 spiro atoms. The molecule has 0 aromatic heterocycles. The maximum absolute atomic E-state index is 10.8. The standard InChI is InChI=1S/C9H10O4/c10-8(11)6-3-5-13-9-7(6)2-1-4-12-9/h3H,1-2,4-5H2,(H,10,11). The normalized spacial score (nSPS) is 21.1. The van der Waals surface area contributed by atoms with Gasteiger partial charge in [-0.2, -0.15) is 0 Å². The molecular weight excluding hydrogens is 172 g/mol. The van der Waals surface area contributed by atoms with Gasteiger partial charge in [-0.15, -0.1) is 0 Å². The summed E-state index contributed by atoms with van der Waals surface area (Å²) in [7, 11) is 0. The maximum Gasteiger partial charge on any atom is 0.336 e. The minimum absolute atomic E-state index is 0.292. The van der Waals surface area contributed by atoms with E-state index in [-0.39, 0.29) is 0 Å². The highest BCUT2D eigenvalue weighted by molar-refractivity contribution is 5.92. The third kappa shape index (κ3) is 1.39. The summed E-state index contributed by atoms with van der Waals surface area (Å²) >= 11 is 0. The predicted molar refractivity (Wildman–Crippen MR) is 43.9 cm³/mol. The first-order valence-corrected chi connectivity index (χ1v) is 4.21. The Morgan fingerprint density at radius 1 is 1.46 bits per heavy atom. The van der Waals surface area contributed by atoms with Crippen LogP contribution in [0.4, 0.5) is 0 Å². The van der Waals surface area contributed by atoms with Crippen molar-refractivity contribution in [1.82, 2.24) is 0 Å². The van der Waals surface area contributed by atoms with Crippen LogP contribution >= 0.6 is 0 Å². The molecule has 0 aromatic rings. The maximum atomic E-state index is 10.8. The van der Waals surface area contributed by atoms with Crippen molar-refractivity contribution in [2.45, 2.75) is 12.8 Å². The van der Waals surface area contributed by atoms with Gasteiger partial charge in [0.2, 0.25) is 0 Å². The van der Waals surface area contributed by atoms with E-state index in [1.165, 1.54) is 0 Å². The highest BCUT2D eigenvalue weighted by Crippen LogP contribution is 2.29. The van der Waals surface area contributed by atoms with Crippen LogP contribution in [0.5, 0.6) is 0 Å². The quantitative estimate of drug-likeness (QED) is 0.658. The molecule has 0 unspecified atom stereocenters. The molecule has 70 valence electrons. The SMILES string of the molecule is O=C(O)C1=CCOC2=C1CCCO2. The molecule has 0 bridgehead atoms. The molecule has 0 saturated carbocycles. The molecule has 2 rings (SSSR count). The summed E-state index contributed by atoms with van der Waals surface area (Å²) in [6.45, 7) is 0.909. The van der Waals surface area contributed by atoms with E-state index < -0.39 is 5.97 Å². The molecule has 4 nitrogen and oxygen atoms in total. The highest BCUT2D eigenvalue weighted by atomic mass is 16.7. The number of rotatable bonds is 1. The summed E-state index contributed by atoms with van der Waals surface area (Å²) in [4.78, 5) is 10.8. The first-order chi connectivity index (χ1) is 6.29. The minimum Gasteiger partial charge on any atom is -0.478 e. The van der Waals surface area contributed by atoms with Crippen LogP contribution in [-0.4, -0.2) is 24.3 Å². The van der Waals surface area contributed by atoms with E-state index in [4.69, 9.17) is 14.6 Å². The summed E-state index contributed by atoms with van der Waals surface area (Å²) in [5.74, 6) is -0.493. The van der Waals surface area contributed by atoms with Crippen LogP contribution in [0.15, 0.2) is 23.2 Å². The topological polar surface area (TPSA) is 55.8 Å². The smallest absolute Gasteiger partial charge is 0.336 e. The molecule has 0 atom stereocenters. The summed E-state index contributed by atoms with van der Waals surface area (Å²) in [6, 6.07) is 0. The van der Waals surface area contributed by atoms with Gasteiger partial charge in [-0.25, -0.2) is 4.79 Å². The van der Waals surface area contributed by atoms with Crippen molar-refractivity contribution in [3.05, 3.63) is 23.2 Å². The Hall–Kier alpha value is -1.45. The Morgan fingerprint density at radius 2 is 2.31 bits per heavy atom. The summed E-state index contributed by atoms with van der Waals surface area (Å²) < 4.78 is 10.4. The highest BCUT2D eigenvalue weighted by Gasteiger charge is 2.25. The van der Waals surface area contributed by atoms with E-state index in [1.807, 2.05) is 0 Å². The Balaban J connectivity index is 2.33. The largest absolute Gasteiger partial charge is 0.478 e. The van der Waals surface area contributed by atoms with Crippen molar-refractivity contribution < 1.29 is 19.4 Å². The Labute approximate surface area is 75.5 Å². The van der Waals surface area contributed by atoms with Gasteiger partial charge in [-0.3, -0.25) is 0 Å². The average molecular weight is 182 g/mol. The van der Waals surface area contributed by atoms with Gasteiger partial charge < -0.3 is 14.6 Å². The van der Waals surface area contributed by atoms with Crippen LogP contribution in [0.2, 0.25) is 0 Å². The molecule has 4 heteroatoms. The number of carboxylic acid groups (broad SMARTS) is 1. The monoisotopic (exact) mass is 182 g/mol. The molecule has 2 aliphatic heterocycles. The van der Waals surface area contributed by atoms with Crippen molar-refractivity contribution in [1.29, 1.82) is 0 Å². The third-order valence-electron chi connectivity index (χ3n) is 2.11. The van der Waals surface area contributed by atoms with E-state index >= 15 is 0 Å². The number of aliphatic carboxylic acids is 1. The second-order valence-electron chi connectivity index (χ2n) is 2.95. The van der Waals surface area contributed by atoms with Gasteiger partial charge in [0.05, 0.1) is 12.2 Å². The first-order valence-electron chi connectivity index (χ1n) is 4.21. The summed E-state index contributed by atoms with van der Waals surface area (Å²) in [5, 5.41) is 8.86. The minimum atomic E-state index is -0.902. The molecule has 0 aromatic carbocycles. The molecule has 2 heterocycles. The molecule has 0 amide bonds. The van der Waals surface area contributed by atoms with E-state index in [2.05, 4.69) is 0 Å². The van der Waals surface area contributed by atoms with E-state index in [0.29, 0.717) is 30.3 Å². The fraction of sp³-hybridized carbons (Fsp3) is 0.444. The van der Waals surface area contributed by atoms with Gasteiger partial charge in [0.1, 0.15) is 6.61 Å².